The van der Waals surface area contributed by atoms with Crippen molar-refractivity contribution in [1.29, 1.82) is 0 Å². The number of nitrogens with one attached hydrogen (secondary N) is 3. The zero-order chi connectivity index (χ0) is 17.4. The third-order valence-electron chi connectivity index (χ3n) is 4.83. The molecule has 25 heavy (non-hydrogen) atoms. The molecule has 2 aromatic heterocycles. The van der Waals surface area contributed by atoms with Crippen LogP contribution in [0.15, 0.2) is 46.0 Å². The standard InChI is InChI=1S/C18H21N5O2/c1-22-17(24)9-16(21-18(22)25)23-7-6-13(11-23)19-10-14-8-12-4-2-3-5-15(12)20-14/h2-5,8-9,13,19-20H,6-7,10-11H2,1H3,(H,21,25)/t13-/m1/s1. The van der Waals surface area contributed by atoms with Crippen molar-refractivity contribution in [3.63, 3.8) is 0 Å². The molecule has 0 saturated carbocycles. The molecule has 0 unspecified atom stereocenters. The molecule has 1 aliphatic heterocycles. The number of aromatic nitrogens is 3. The summed E-state index contributed by atoms with van der Waals surface area (Å²) in [4.78, 5) is 31.8. The van der Waals surface area contributed by atoms with Gasteiger partial charge in [0, 0.05) is 50.0 Å². The normalized spacial score (nSPS) is 17.5. The summed E-state index contributed by atoms with van der Waals surface area (Å²) in [7, 11) is 1.47. The van der Waals surface area contributed by atoms with Crippen molar-refractivity contribution in [2.75, 3.05) is 18.0 Å². The molecule has 1 atom stereocenters. The van der Waals surface area contributed by atoms with Crippen molar-refractivity contribution in [2.24, 2.45) is 7.05 Å². The fourth-order valence-corrected chi connectivity index (χ4v) is 3.34. The molecule has 7 nitrogen and oxygen atoms in total. The molecule has 1 aliphatic rings. The highest BCUT2D eigenvalue weighted by Gasteiger charge is 2.23. The van der Waals surface area contributed by atoms with Gasteiger partial charge >= 0.3 is 5.69 Å². The van der Waals surface area contributed by atoms with Gasteiger partial charge < -0.3 is 15.2 Å². The minimum absolute atomic E-state index is 0.284. The van der Waals surface area contributed by atoms with Crippen LogP contribution in [-0.2, 0) is 13.6 Å². The Morgan fingerprint density at radius 1 is 1.20 bits per heavy atom. The first kappa shape index (κ1) is 15.7. The SMILES string of the molecule is Cn1c(=O)cc(N2CC[C@@H](NCc3cc4ccccc4[nH]3)C2)[nH]c1=O. The van der Waals surface area contributed by atoms with Gasteiger partial charge in [0.1, 0.15) is 5.82 Å². The van der Waals surface area contributed by atoms with E-state index in [4.69, 9.17) is 0 Å². The number of hydrogen-bond acceptors (Lipinski definition) is 4. The summed E-state index contributed by atoms with van der Waals surface area (Å²) in [5.74, 6) is 0.600. The molecule has 0 amide bonds. The Labute approximate surface area is 144 Å². The molecular weight excluding hydrogens is 318 g/mol. The van der Waals surface area contributed by atoms with E-state index in [0.29, 0.717) is 11.9 Å². The van der Waals surface area contributed by atoms with Crippen LogP contribution in [0.5, 0.6) is 0 Å². The summed E-state index contributed by atoms with van der Waals surface area (Å²) < 4.78 is 1.07. The molecule has 3 heterocycles. The molecule has 0 aliphatic carbocycles. The van der Waals surface area contributed by atoms with Gasteiger partial charge in [0.2, 0.25) is 0 Å². The number of benzene rings is 1. The first-order valence-electron chi connectivity index (χ1n) is 8.45. The van der Waals surface area contributed by atoms with Gasteiger partial charge in [-0.25, -0.2) is 4.79 Å². The lowest BCUT2D eigenvalue weighted by molar-refractivity contribution is 0.547. The van der Waals surface area contributed by atoms with Gasteiger partial charge in [-0.05, 0) is 23.9 Å². The van der Waals surface area contributed by atoms with Crippen molar-refractivity contribution in [3.8, 4) is 0 Å². The van der Waals surface area contributed by atoms with E-state index in [1.165, 1.54) is 18.5 Å². The lowest BCUT2D eigenvalue weighted by atomic mass is 10.2. The van der Waals surface area contributed by atoms with Crippen molar-refractivity contribution < 1.29 is 0 Å². The minimum Gasteiger partial charge on any atom is -0.357 e. The molecule has 1 aromatic carbocycles. The molecule has 1 fully saturated rings. The minimum atomic E-state index is -0.378. The summed E-state index contributed by atoms with van der Waals surface area (Å²) in [6.45, 7) is 2.34. The van der Waals surface area contributed by atoms with E-state index in [0.717, 1.165) is 41.8 Å². The number of fused-ring (bicyclic) bond motifs is 1. The molecule has 0 spiro atoms. The first-order valence-corrected chi connectivity index (χ1v) is 8.45. The topological polar surface area (TPSA) is 85.9 Å². The smallest absolute Gasteiger partial charge is 0.329 e. The van der Waals surface area contributed by atoms with Gasteiger partial charge in [0.05, 0.1) is 0 Å². The molecule has 7 heteroatoms. The maximum atomic E-state index is 11.8. The lowest BCUT2D eigenvalue weighted by Gasteiger charge is -2.18. The third kappa shape index (κ3) is 3.10. The fourth-order valence-electron chi connectivity index (χ4n) is 3.34. The van der Waals surface area contributed by atoms with Gasteiger partial charge in [-0.2, -0.15) is 0 Å². The van der Waals surface area contributed by atoms with E-state index >= 15 is 0 Å². The Kier molecular flexibility index (Phi) is 3.93. The number of rotatable bonds is 4. The average molecular weight is 339 g/mol. The van der Waals surface area contributed by atoms with Gasteiger partial charge in [0.25, 0.3) is 5.56 Å². The summed E-state index contributed by atoms with van der Waals surface area (Å²) in [5.41, 5.74) is 1.64. The van der Waals surface area contributed by atoms with Crippen molar-refractivity contribution in [2.45, 2.75) is 19.0 Å². The Hall–Kier alpha value is -2.80. The maximum Gasteiger partial charge on any atom is 0.329 e. The predicted molar refractivity (Wildman–Crippen MR) is 98.1 cm³/mol. The van der Waals surface area contributed by atoms with Crippen LogP contribution in [0.3, 0.4) is 0 Å². The molecule has 130 valence electrons. The van der Waals surface area contributed by atoms with E-state index in [-0.39, 0.29) is 11.2 Å². The molecule has 0 radical (unpaired) electrons. The molecule has 0 bridgehead atoms. The molecule has 3 N–H and O–H groups in total. The van der Waals surface area contributed by atoms with Crippen LogP contribution in [0.1, 0.15) is 12.1 Å². The Balaban J connectivity index is 1.41. The van der Waals surface area contributed by atoms with E-state index < -0.39 is 0 Å². The first-order chi connectivity index (χ1) is 12.1. The molecule has 1 saturated heterocycles. The van der Waals surface area contributed by atoms with Gasteiger partial charge in [-0.15, -0.1) is 0 Å². The average Bonchev–Trinajstić information content (AvgIpc) is 3.23. The van der Waals surface area contributed by atoms with Gasteiger partial charge in [-0.3, -0.25) is 14.3 Å². The number of aromatic amines is 2. The molecule has 4 rings (SSSR count). The number of anilines is 1. The third-order valence-corrected chi connectivity index (χ3v) is 4.83. The van der Waals surface area contributed by atoms with Gasteiger partial charge in [-0.1, -0.05) is 18.2 Å². The number of hydrogen-bond donors (Lipinski definition) is 3. The summed E-state index contributed by atoms with van der Waals surface area (Å²) in [6, 6.07) is 12.2. The van der Waals surface area contributed by atoms with Crippen molar-refractivity contribution >= 4 is 16.7 Å². The predicted octanol–water partition coefficient (Wildman–Crippen LogP) is 0.923. The fraction of sp³-hybridized carbons (Fsp3) is 0.333. The summed E-state index contributed by atoms with van der Waals surface area (Å²) >= 11 is 0. The Bertz CT molecular complexity index is 952. The van der Waals surface area contributed by atoms with Crippen LogP contribution in [-0.4, -0.2) is 33.7 Å². The van der Waals surface area contributed by atoms with E-state index in [1.807, 2.05) is 17.0 Å². The quantitative estimate of drug-likeness (QED) is 0.660. The number of para-hydroxylation sites is 1. The maximum absolute atomic E-state index is 11.8. The van der Waals surface area contributed by atoms with Crippen molar-refractivity contribution in [1.82, 2.24) is 19.9 Å². The van der Waals surface area contributed by atoms with E-state index in [2.05, 4.69) is 33.5 Å². The Morgan fingerprint density at radius 3 is 2.84 bits per heavy atom. The second kappa shape index (κ2) is 6.25. The molecule has 3 aromatic rings. The summed E-state index contributed by atoms with van der Waals surface area (Å²) in [6.07, 6.45) is 0.970. The monoisotopic (exact) mass is 339 g/mol. The van der Waals surface area contributed by atoms with Crippen molar-refractivity contribution in [3.05, 3.63) is 62.9 Å². The van der Waals surface area contributed by atoms with E-state index in [1.54, 1.807) is 0 Å². The van der Waals surface area contributed by atoms with Crippen LogP contribution in [0.25, 0.3) is 10.9 Å². The highest BCUT2D eigenvalue weighted by atomic mass is 16.2. The molecular formula is C18H21N5O2. The van der Waals surface area contributed by atoms with Gasteiger partial charge in [0.15, 0.2) is 0 Å². The zero-order valence-corrected chi connectivity index (χ0v) is 14.1. The second-order valence-corrected chi connectivity index (χ2v) is 6.55. The highest BCUT2D eigenvalue weighted by Crippen LogP contribution is 2.17. The number of H-pyrrole nitrogens is 2. The largest absolute Gasteiger partial charge is 0.357 e. The zero-order valence-electron chi connectivity index (χ0n) is 14.1. The highest BCUT2D eigenvalue weighted by molar-refractivity contribution is 5.80. The van der Waals surface area contributed by atoms with Crippen LogP contribution in [0.2, 0.25) is 0 Å². The van der Waals surface area contributed by atoms with Crippen LogP contribution in [0.4, 0.5) is 5.82 Å². The second-order valence-electron chi connectivity index (χ2n) is 6.55. The van der Waals surface area contributed by atoms with Crippen LogP contribution < -0.4 is 21.5 Å². The lowest BCUT2D eigenvalue weighted by Crippen LogP contribution is -2.36. The van der Waals surface area contributed by atoms with Crippen LogP contribution >= 0.6 is 0 Å². The Morgan fingerprint density at radius 2 is 2.04 bits per heavy atom. The number of nitrogens with zero attached hydrogens (tertiary/aromatic N) is 2. The van der Waals surface area contributed by atoms with E-state index in [9.17, 15) is 9.59 Å². The summed E-state index contributed by atoms with van der Waals surface area (Å²) in [5, 5.41) is 4.76. The van der Waals surface area contributed by atoms with Crippen LogP contribution in [0, 0.1) is 0 Å².